The van der Waals surface area contributed by atoms with E-state index in [2.05, 4.69) is 22.0 Å². The maximum Gasteiger partial charge on any atom is 0.276 e. The summed E-state index contributed by atoms with van der Waals surface area (Å²) in [5.74, 6) is -0.398. The van der Waals surface area contributed by atoms with E-state index in [1.807, 2.05) is 24.3 Å². The smallest absolute Gasteiger partial charge is 0.276 e. The van der Waals surface area contributed by atoms with Gasteiger partial charge in [-0.05, 0) is 25.0 Å². The predicted octanol–water partition coefficient (Wildman–Crippen LogP) is 3.37. The molecule has 5 nitrogen and oxygen atoms in total. The average Bonchev–Trinajstić information content (AvgIpc) is 3.15. The van der Waals surface area contributed by atoms with E-state index < -0.39 is 5.60 Å². The summed E-state index contributed by atoms with van der Waals surface area (Å²) in [4.78, 5) is 14.9. The van der Waals surface area contributed by atoms with E-state index in [-0.39, 0.29) is 23.5 Å². The Morgan fingerprint density at radius 1 is 1.33 bits per heavy atom. The molecule has 6 heteroatoms. The molecular weight excluding hydrogens is 370 g/mol. The number of nitriles is 2. The topological polar surface area (TPSA) is 77.1 Å². The molecule has 1 aromatic rings. The molecule has 24 heavy (non-hydrogen) atoms. The lowest BCUT2D eigenvalue weighted by molar-refractivity contribution is -0.149. The van der Waals surface area contributed by atoms with Gasteiger partial charge in [-0.15, -0.1) is 0 Å². The van der Waals surface area contributed by atoms with Gasteiger partial charge < -0.3 is 9.64 Å². The van der Waals surface area contributed by atoms with Crippen LogP contribution >= 0.6 is 15.9 Å². The number of amides is 1. The Morgan fingerprint density at radius 3 is 2.83 bits per heavy atom. The molecule has 0 N–H and O–H groups in total. The minimum Gasteiger partial charge on any atom is -0.461 e. The predicted molar refractivity (Wildman–Crippen MR) is 89.4 cm³/mol. The Kier molecular flexibility index (Phi) is 3.23. The summed E-state index contributed by atoms with van der Waals surface area (Å²) in [5, 5.41) is 19.0. The van der Waals surface area contributed by atoms with Gasteiger partial charge in [0.1, 0.15) is 6.07 Å². The summed E-state index contributed by atoms with van der Waals surface area (Å²) in [6.07, 6.45) is 2.52. The summed E-state index contributed by atoms with van der Waals surface area (Å²) in [6.45, 7) is 0. The van der Waals surface area contributed by atoms with Crippen LogP contribution in [0.1, 0.15) is 24.8 Å². The van der Waals surface area contributed by atoms with Crippen molar-refractivity contribution < 1.29 is 9.53 Å². The van der Waals surface area contributed by atoms with Crippen molar-refractivity contribution in [3.8, 4) is 12.1 Å². The van der Waals surface area contributed by atoms with Crippen LogP contribution in [-0.2, 0) is 15.1 Å². The molecule has 120 valence electrons. The molecule has 1 spiro atoms. The van der Waals surface area contributed by atoms with E-state index in [0.29, 0.717) is 5.57 Å². The third-order valence-electron chi connectivity index (χ3n) is 5.49. The lowest BCUT2D eigenvalue weighted by Crippen LogP contribution is -2.50. The monoisotopic (exact) mass is 383 g/mol. The minimum atomic E-state index is -1.21. The molecule has 2 aliphatic heterocycles. The molecular formula is C18H14BrN3O2. The van der Waals surface area contributed by atoms with Gasteiger partial charge in [0, 0.05) is 28.9 Å². The number of benzene rings is 1. The lowest BCUT2D eigenvalue weighted by Gasteiger charge is -2.41. The van der Waals surface area contributed by atoms with Crippen LogP contribution in [0.15, 0.2) is 34.0 Å². The molecule has 1 saturated carbocycles. The number of carbonyl (C=O) groups excluding carboxylic acids is 1. The van der Waals surface area contributed by atoms with Crippen molar-refractivity contribution in [2.45, 2.75) is 24.9 Å². The van der Waals surface area contributed by atoms with E-state index in [1.54, 1.807) is 11.9 Å². The third-order valence-corrected chi connectivity index (χ3v) is 6.15. The first-order chi connectivity index (χ1) is 11.6. The van der Waals surface area contributed by atoms with Gasteiger partial charge in [-0.3, -0.25) is 4.79 Å². The second-order valence-corrected chi connectivity index (χ2v) is 7.30. The molecule has 1 fully saturated rings. The quantitative estimate of drug-likeness (QED) is 0.687. The van der Waals surface area contributed by atoms with Crippen molar-refractivity contribution in [1.82, 2.24) is 0 Å². The molecule has 1 aromatic carbocycles. The molecule has 1 amide bonds. The highest BCUT2D eigenvalue weighted by molar-refractivity contribution is 9.10. The third kappa shape index (κ3) is 1.64. The van der Waals surface area contributed by atoms with Gasteiger partial charge >= 0.3 is 0 Å². The molecule has 0 radical (unpaired) electrons. The summed E-state index contributed by atoms with van der Waals surface area (Å²) >= 11 is 3.56. The van der Waals surface area contributed by atoms with Crippen LogP contribution in [0.2, 0.25) is 0 Å². The van der Waals surface area contributed by atoms with Crippen LogP contribution in [0.25, 0.3) is 0 Å². The van der Waals surface area contributed by atoms with Crippen molar-refractivity contribution in [1.29, 1.82) is 10.5 Å². The highest BCUT2D eigenvalue weighted by Crippen LogP contribution is 2.59. The van der Waals surface area contributed by atoms with Crippen LogP contribution < -0.4 is 4.90 Å². The molecule has 0 saturated heterocycles. The van der Waals surface area contributed by atoms with Gasteiger partial charge in [0.15, 0.2) is 0 Å². The zero-order valence-corrected chi connectivity index (χ0v) is 14.6. The highest BCUT2D eigenvalue weighted by Gasteiger charge is 2.64. The molecule has 1 aliphatic carbocycles. The molecule has 0 bridgehead atoms. The standard InChI is InChI=1S/C18H14BrN3O2/c1-22-14-7-3-6-13(19)16(14)18(17(22)23)12-5-2-4-10(12)11(8-20)15(9-21)24-18/h3,6-7,10,12H,2,4-5H2,1H3. The number of allylic oxidation sites excluding steroid dienone is 2. The summed E-state index contributed by atoms with van der Waals surface area (Å²) in [5.41, 5.74) is 0.745. The fourth-order valence-corrected chi connectivity index (χ4v) is 5.18. The number of carbonyl (C=O) groups is 1. The molecule has 3 unspecified atom stereocenters. The largest absolute Gasteiger partial charge is 0.461 e. The Morgan fingerprint density at radius 2 is 2.12 bits per heavy atom. The second kappa shape index (κ2) is 5.09. The number of hydrogen-bond acceptors (Lipinski definition) is 4. The van der Waals surface area contributed by atoms with Crippen LogP contribution in [0, 0.1) is 34.5 Å². The van der Waals surface area contributed by atoms with Crippen LogP contribution in [0.3, 0.4) is 0 Å². The van der Waals surface area contributed by atoms with Crippen molar-refractivity contribution in [2.24, 2.45) is 11.8 Å². The summed E-state index contributed by atoms with van der Waals surface area (Å²) in [6, 6.07) is 9.79. The first kappa shape index (κ1) is 15.2. The van der Waals surface area contributed by atoms with E-state index in [4.69, 9.17) is 4.74 Å². The average molecular weight is 384 g/mol. The zero-order chi connectivity index (χ0) is 17.1. The Hall–Kier alpha value is -2.31. The number of ether oxygens (including phenoxy) is 1. The first-order valence-corrected chi connectivity index (χ1v) is 8.66. The van der Waals surface area contributed by atoms with Gasteiger partial charge in [-0.2, -0.15) is 10.5 Å². The van der Waals surface area contributed by atoms with Crippen molar-refractivity contribution in [2.75, 3.05) is 11.9 Å². The maximum absolute atomic E-state index is 13.3. The molecule has 3 aliphatic rings. The fraction of sp³-hybridized carbons (Fsp3) is 0.389. The number of nitrogens with zero attached hydrogens (tertiary/aromatic N) is 3. The van der Waals surface area contributed by atoms with Gasteiger partial charge in [0.2, 0.25) is 11.4 Å². The van der Waals surface area contributed by atoms with Crippen molar-refractivity contribution in [3.63, 3.8) is 0 Å². The number of anilines is 1. The van der Waals surface area contributed by atoms with Crippen LogP contribution in [-0.4, -0.2) is 13.0 Å². The number of fused-ring (bicyclic) bond motifs is 4. The number of halogens is 1. The van der Waals surface area contributed by atoms with Gasteiger partial charge in [0.05, 0.1) is 17.3 Å². The summed E-state index contributed by atoms with van der Waals surface area (Å²) in [7, 11) is 1.73. The zero-order valence-electron chi connectivity index (χ0n) is 13.0. The second-order valence-electron chi connectivity index (χ2n) is 6.45. The van der Waals surface area contributed by atoms with Crippen LogP contribution in [0.4, 0.5) is 5.69 Å². The van der Waals surface area contributed by atoms with E-state index in [1.165, 1.54) is 0 Å². The van der Waals surface area contributed by atoms with Gasteiger partial charge in [-0.1, -0.05) is 28.4 Å². The normalized spacial score (nSPS) is 30.7. The Labute approximate surface area is 148 Å². The number of rotatable bonds is 0. The first-order valence-electron chi connectivity index (χ1n) is 7.86. The van der Waals surface area contributed by atoms with Gasteiger partial charge in [0.25, 0.3) is 5.91 Å². The van der Waals surface area contributed by atoms with Crippen LogP contribution in [0.5, 0.6) is 0 Å². The van der Waals surface area contributed by atoms with E-state index in [0.717, 1.165) is 35.0 Å². The van der Waals surface area contributed by atoms with Crippen molar-refractivity contribution >= 4 is 27.5 Å². The Bertz CT molecular complexity index is 879. The minimum absolute atomic E-state index is 0.00833. The molecule has 3 atom stereocenters. The number of hydrogen-bond donors (Lipinski definition) is 0. The van der Waals surface area contributed by atoms with Gasteiger partial charge in [-0.25, -0.2) is 0 Å². The molecule has 0 aromatic heterocycles. The lowest BCUT2D eigenvalue weighted by atomic mass is 9.71. The Balaban J connectivity index is 2.03. The van der Waals surface area contributed by atoms with E-state index >= 15 is 0 Å². The fourth-order valence-electron chi connectivity index (χ4n) is 4.53. The molecule has 4 rings (SSSR count). The summed E-state index contributed by atoms with van der Waals surface area (Å²) < 4.78 is 6.86. The van der Waals surface area contributed by atoms with E-state index in [9.17, 15) is 15.3 Å². The van der Waals surface area contributed by atoms with Crippen molar-refractivity contribution in [3.05, 3.63) is 39.6 Å². The maximum atomic E-state index is 13.3. The molecule has 2 heterocycles. The SMILES string of the molecule is CN1C(=O)C2(OC(C#N)=C(C#N)C3CCCC32)c2c(Br)cccc21. The highest BCUT2D eigenvalue weighted by atomic mass is 79.9. The number of likely N-dealkylation sites (N-methyl/N-ethyl adjacent to an activating group) is 1.